The zero-order valence-electron chi connectivity index (χ0n) is 16.2. The number of carbonyl (C=O) groups excluding carboxylic acids is 2. The molecule has 3 amide bonds. The minimum absolute atomic E-state index is 0.0289. The van der Waals surface area contributed by atoms with Crippen molar-refractivity contribution < 1.29 is 32.7 Å². The predicted molar refractivity (Wildman–Crippen MR) is 101 cm³/mol. The van der Waals surface area contributed by atoms with E-state index in [2.05, 4.69) is 10.4 Å². The van der Waals surface area contributed by atoms with E-state index in [4.69, 9.17) is 16.4 Å². The van der Waals surface area contributed by atoms with Crippen LogP contribution in [0, 0.1) is 17.5 Å². The van der Waals surface area contributed by atoms with Gasteiger partial charge in [-0.3, -0.25) is 14.3 Å². The number of rotatable bonds is 2. The van der Waals surface area contributed by atoms with E-state index in [9.17, 15) is 27.9 Å². The van der Waals surface area contributed by atoms with Crippen LogP contribution in [-0.4, -0.2) is 63.1 Å². The second kappa shape index (κ2) is 8.02. The minimum Gasteiger partial charge on any atom is -0.393 e. The quantitative estimate of drug-likeness (QED) is 0.528. The Morgan fingerprint density at radius 3 is 2.84 bits per heavy atom. The van der Waals surface area contributed by atoms with Gasteiger partial charge in [0.2, 0.25) is 0 Å². The molecule has 2 N–H and O–H groups in total. The number of aliphatic hydroxyl groups excluding tert-OH is 1. The molecule has 31 heavy (non-hydrogen) atoms. The number of urea groups is 1. The fourth-order valence-electron chi connectivity index (χ4n) is 3.57. The van der Waals surface area contributed by atoms with Gasteiger partial charge in [0, 0.05) is 31.6 Å². The van der Waals surface area contributed by atoms with Crippen LogP contribution >= 0.6 is 11.6 Å². The topological polar surface area (TPSA) is 99.9 Å². The Bertz CT molecular complexity index is 1080. The van der Waals surface area contributed by atoms with Crippen LogP contribution in [0.15, 0.2) is 6.07 Å². The van der Waals surface area contributed by atoms with Crippen molar-refractivity contribution in [3.05, 3.63) is 45.5 Å². The van der Waals surface area contributed by atoms with E-state index in [1.165, 1.54) is 16.6 Å². The molecule has 0 bridgehead atoms. The van der Waals surface area contributed by atoms with E-state index in [-0.39, 0.29) is 31.9 Å². The zero-order chi connectivity index (χ0) is 22.4. The molecule has 1 aromatic carbocycles. The number of nitrogens with one attached hydrogen (secondary N) is 1. The molecule has 0 aliphatic carbocycles. The lowest BCUT2D eigenvalue weighted by Gasteiger charge is -2.27. The van der Waals surface area contributed by atoms with Gasteiger partial charge in [-0.05, 0) is 0 Å². The van der Waals surface area contributed by atoms with Crippen LogP contribution in [0.25, 0.3) is 0 Å². The van der Waals surface area contributed by atoms with Crippen LogP contribution in [-0.2, 0) is 24.3 Å². The molecule has 9 nitrogen and oxygen atoms in total. The Kier molecular flexibility index (Phi) is 5.54. The first kappa shape index (κ1) is 21.4. The summed E-state index contributed by atoms with van der Waals surface area (Å²) in [5, 5.41) is 16.0. The third-order valence-electron chi connectivity index (χ3n) is 5.11. The molecule has 1 aromatic heterocycles. The van der Waals surface area contributed by atoms with Crippen molar-refractivity contribution in [3.63, 3.8) is 0 Å². The largest absolute Gasteiger partial charge is 0.393 e. The highest BCUT2D eigenvalue weighted by Gasteiger charge is 2.35. The lowest BCUT2D eigenvalue weighted by Crippen LogP contribution is -2.40. The number of amides is 3. The van der Waals surface area contributed by atoms with Crippen LogP contribution in [0.4, 0.5) is 23.7 Å². The Morgan fingerprint density at radius 1 is 1.39 bits per heavy atom. The first-order valence-electron chi connectivity index (χ1n) is 9.24. The fraction of sp³-hybridized carbons (Fsp3) is 0.389. The maximum Gasteiger partial charge on any atom is 0.322 e. The maximum absolute atomic E-state index is 14.1. The average Bonchev–Trinajstić information content (AvgIpc) is 3.05. The van der Waals surface area contributed by atoms with E-state index >= 15 is 0 Å². The number of hydrogen-bond donors (Lipinski definition) is 2. The number of nitrogens with zero attached hydrogens (tertiary/aromatic N) is 4. The molecule has 1 unspecified atom stereocenters. The van der Waals surface area contributed by atoms with Crippen LogP contribution in [0.3, 0.4) is 0 Å². The number of hydrogen-bond acceptors (Lipinski definition) is 5. The van der Waals surface area contributed by atoms with Gasteiger partial charge in [0.15, 0.2) is 17.5 Å². The average molecular weight is 460 g/mol. The molecule has 0 spiro atoms. The summed E-state index contributed by atoms with van der Waals surface area (Å²) in [5.74, 6) is -4.74. The van der Waals surface area contributed by atoms with Crippen molar-refractivity contribution in [2.24, 2.45) is 0 Å². The molecule has 1 atom stereocenters. The molecule has 0 fully saturated rings. The Balaban J connectivity index is 1.59. The number of aromatic nitrogens is 2. The Morgan fingerprint density at radius 2 is 2.13 bits per heavy atom. The molecule has 13 heteroatoms. The normalized spacial score (nSPS) is 18.5. The van der Waals surface area contributed by atoms with Gasteiger partial charge in [-0.25, -0.2) is 23.0 Å². The van der Waals surface area contributed by atoms with Gasteiger partial charge in [0.05, 0.1) is 31.1 Å². The van der Waals surface area contributed by atoms with E-state index in [1.807, 2.05) is 0 Å². The first-order chi connectivity index (χ1) is 14.7. The third-order valence-corrected chi connectivity index (χ3v) is 5.44. The molecule has 0 saturated carbocycles. The molecule has 3 heterocycles. The van der Waals surface area contributed by atoms with Gasteiger partial charge >= 0.3 is 6.03 Å². The molecule has 2 aliphatic rings. The van der Waals surface area contributed by atoms with Crippen LogP contribution in [0.5, 0.6) is 0 Å². The highest BCUT2D eigenvalue weighted by atomic mass is 35.5. The molecule has 2 aromatic rings. The summed E-state index contributed by atoms with van der Waals surface area (Å²) in [6, 6.07) is -0.286. The smallest absolute Gasteiger partial charge is 0.322 e. The Labute approximate surface area is 178 Å². The van der Waals surface area contributed by atoms with E-state index in [0.29, 0.717) is 23.7 Å². The molecule has 0 radical (unpaired) electrons. The van der Waals surface area contributed by atoms with Crippen molar-refractivity contribution in [1.82, 2.24) is 19.7 Å². The van der Waals surface area contributed by atoms with Crippen LogP contribution < -0.4 is 5.32 Å². The molecule has 166 valence electrons. The summed E-state index contributed by atoms with van der Waals surface area (Å²) >= 11 is 5.42. The van der Waals surface area contributed by atoms with Crippen LogP contribution in [0.1, 0.15) is 21.7 Å². The number of anilines is 1. The molecule has 4 rings (SSSR count). The lowest BCUT2D eigenvalue weighted by molar-refractivity contribution is -0.159. The summed E-state index contributed by atoms with van der Waals surface area (Å²) in [6.45, 7) is -0.0185. The van der Waals surface area contributed by atoms with E-state index in [1.54, 1.807) is 0 Å². The molecular formula is C18H17ClF3N5O4. The minimum atomic E-state index is -1.55. The monoisotopic (exact) mass is 459 g/mol. The van der Waals surface area contributed by atoms with Gasteiger partial charge in [-0.2, -0.15) is 5.10 Å². The second-order valence-corrected chi connectivity index (χ2v) is 7.50. The van der Waals surface area contributed by atoms with Gasteiger partial charge in [-0.1, -0.05) is 11.6 Å². The van der Waals surface area contributed by atoms with Gasteiger partial charge in [-0.15, -0.1) is 0 Å². The van der Waals surface area contributed by atoms with E-state index < -0.39 is 46.2 Å². The standard InChI is InChI=1S/C18H17ClF3N5O4/c1-25-17(29)16-9-6-26(3-2-11(9)24-27(16)5-8(7-28)31-25)18(30)23-12-4-10(20)14(21)13(19)15(12)22/h4,8,28H,2-3,5-7H2,1H3,(H,23,30). The van der Waals surface area contributed by atoms with Crippen molar-refractivity contribution in [1.29, 1.82) is 0 Å². The molecular weight excluding hydrogens is 443 g/mol. The third kappa shape index (κ3) is 3.70. The van der Waals surface area contributed by atoms with Crippen LogP contribution in [0.2, 0.25) is 5.02 Å². The number of carbonyl (C=O) groups is 2. The molecule has 2 aliphatic heterocycles. The SMILES string of the molecule is CN1OC(CO)Cn2nc3c(c2C1=O)CN(C(=O)Nc1cc(F)c(F)c(Cl)c1F)CC3. The van der Waals surface area contributed by atoms with Crippen molar-refractivity contribution in [2.45, 2.75) is 25.6 Å². The summed E-state index contributed by atoms with van der Waals surface area (Å²) in [7, 11) is 1.41. The maximum atomic E-state index is 14.1. The number of fused-ring (bicyclic) bond motifs is 3. The highest BCUT2D eigenvalue weighted by molar-refractivity contribution is 6.31. The number of benzene rings is 1. The summed E-state index contributed by atoms with van der Waals surface area (Å²) in [4.78, 5) is 32.0. The lowest BCUT2D eigenvalue weighted by atomic mass is 10.1. The zero-order valence-corrected chi connectivity index (χ0v) is 16.9. The predicted octanol–water partition coefficient (Wildman–Crippen LogP) is 1.92. The van der Waals surface area contributed by atoms with Crippen molar-refractivity contribution >= 4 is 29.2 Å². The number of hydroxylamine groups is 2. The summed E-state index contributed by atoms with van der Waals surface area (Å²) in [6.07, 6.45) is -0.358. The van der Waals surface area contributed by atoms with Crippen molar-refractivity contribution in [3.8, 4) is 0 Å². The van der Waals surface area contributed by atoms with E-state index in [0.717, 1.165) is 5.06 Å². The number of aliphatic hydroxyl groups is 1. The van der Waals surface area contributed by atoms with Gasteiger partial charge in [0.25, 0.3) is 5.91 Å². The van der Waals surface area contributed by atoms with Gasteiger partial charge < -0.3 is 15.3 Å². The Hall–Kier alpha value is -2.83. The highest BCUT2D eigenvalue weighted by Crippen LogP contribution is 2.30. The fourth-order valence-corrected chi connectivity index (χ4v) is 3.76. The number of halogens is 4. The summed E-state index contributed by atoms with van der Waals surface area (Å²) in [5.41, 5.74) is 0.710. The second-order valence-electron chi connectivity index (χ2n) is 7.12. The van der Waals surface area contributed by atoms with Crippen molar-refractivity contribution in [2.75, 3.05) is 25.5 Å². The van der Waals surface area contributed by atoms with Gasteiger partial charge in [0.1, 0.15) is 16.8 Å². The first-order valence-corrected chi connectivity index (χ1v) is 9.62. The summed E-state index contributed by atoms with van der Waals surface area (Å²) < 4.78 is 42.5. The molecule has 0 saturated heterocycles.